The molecule has 1 aliphatic heterocycles. The summed E-state index contributed by atoms with van der Waals surface area (Å²) in [7, 11) is 0. The van der Waals surface area contributed by atoms with Crippen molar-refractivity contribution < 1.29 is 9.53 Å². The molecule has 0 N–H and O–H groups in total. The van der Waals surface area contributed by atoms with Crippen LogP contribution in [0, 0.1) is 6.92 Å². The SMILES string of the molecule is Cc1nc(COc2ccc(/C=C/C(=O)N3CCC(c4ccncc4)C3)cc2)cs1. The molecule has 0 saturated carbocycles. The number of carbonyl (C=O) groups is 1. The molecule has 0 radical (unpaired) electrons. The first-order valence-electron chi connectivity index (χ1n) is 9.68. The molecule has 4 rings (SSSR count). The van der Waals surface area contributed by atoms with E-state index in [1.165, 1.54) is 5.56 Å². The Morgan fingerprint density at radius 1 is 1.24 bits per heavy atom. The van der Waals surface area contributed by atoms with Crippen LogP contribution in [0.5, 0.6) is 5.75 Å². The Kier molecular flexibility index (Phi) is 6.00. The Labute approximate surface area is 174 Å². The number of aromatic nitrogens is 2. The van der Waals surface area contributed by atoms with E-state index in [9.17, 15) is 4.79 Å². The summed E-state index contributed by atoms with van der Waals surface area (Å²) in [5.41, 5.74) is 3.17. The van der Waals surface area contributed by atoms with Gasteiger partial charge in [0.2, 0.25) is 5.91 Å². The molecule has 3 heterocycles. The van der Waals surface area contributed by atoms with Crippen molar-refractivity contribution in [2.75, 3.05) is 13.1 Å². The minimum Gasteiger partial charge on any atom is -0.487 e. The molecule has 5 nitrogen and oxygen atoms in total. The Bertz CT molecular complexity index is 983. The van der Waals surface area contributed by atoms with Gasteiger partial charge in [-0.2, -0.15) is 0 Å². The lowest BCUT2D eigenvalue weighted by Crippen LogP contribution is -2.26. The van der Waals surface area contributed by atoms with Gasteiger partial charge in [-0.3, -0.25) is 9.78 Å². The zero-order valence-corrected chi connectivity index (χ0v) is 17.1. The molecular weight excluding hydrogens is 382 g/mol. The minimum absolute atomic E-state index is 0.0563. The number of rotatable bonds is 6. The molecule has 1 aromatic carbocycles. The molecule has 2 aromatic heterocycles. The molecule has 0 spiro atoms. The number of thiazole rings is 1. The third-order valence-electron chi connectivity index (χ3n) is 5.03. The summed E-state index contributed by atoms with van der Waals surface area (Å²) in [6.45, 7) is 4.00. The molecule has 0 bridgehead atoms. The number of amides is 1. The van der Waals surface area contributed by atoms with Crippen LogP contribution in [0.1, 0.15) is 34.2 Å². The van der Waals surface area contributed by atoms with Crippen LogP contribution in [0.2, 0.25) is 0 Å². The molecule has 0 aliphatic carbocycles. The number of ether oxygens (including phenoxy) is 1. The van der Waals surface area contributed by atoms with Crippen LogP contribution in [-0.4, -0.2) is 33.9 Å². The van der Waals surface area contributed by atoms with Crippen molar-refractivity contribution in [1.82, 2.24) is 14.9 Å². The summed E-state index contributed by atoms with van der Waals surface area (Å²) in [5, 5.41) is 3.05. The predicted molar refractivity (Wildman–Crippen MR) is 115 cm³/mol. The zero-order valence-electron chi connectivity index (χ0n) is 16.3. The molecule has 3 aromatic rings. The number of benzene rings is 1. The topological polar surface area (TPSA) is 55.3 Å². The van der Waals surface area contributed by atoms with E-state index in [4.69, 9.17) is 4.74 Å². The van der Waals surface area contributed by atoms with Crippen LogP contribution < -0.4 is 4.74 Å². The maximum Gasteiger partial charge on any atom is 0.246 e. The van der Waals surface area contributed by atoms with Crippen molar-refractivity contribution in [3.8, 4) is 5.75 Å². The Morgan fingerprint density at radius 2 is 2.03 bits per heavy atom. The lowest BCUT2D eigenvalue weighted by atomic mass is 10.00. The number of hydrogen-bond acceptors (Lipinski definition) is 5. The highest BCUT2D eigenvalue weighted by Crippen LogP contribution is 2.26. The van der Waals surface area contributed by atoms with E-state index in [0.717, 1.165) is 41.5 Å². The number of aryl methyl sites for hydroxylation is 1. The normalized spacial score (nSPS) is 16.4. The highest BCUT2D eigenvalue weighted by Gasteiger charge is 2.25. The Morgan fingerprint density at radius 3 is 2.76 bits per heavy atom. The van der Waals surface area contributed by atoms with E-state index in [2.05, 4.69) is 9.97 Å². The van der Waals surface area contributed by atoms with Gasteiger partial charge in [0.1, 0.15) is 12.4 Å². The monoisotopic (exact) mass is 405 g/mol. The van der Waals surface area contributed by atoms with Crippen molar-refractivity contribution in [3.63, 3.8) is 0 Å². The van der Waals surface area contributed by atoms with Crippen LogP contribution in [-0.2, 0) is 11.4 Å². The Hall–Kier alpha value is -2.99. The van der Waals surface area contributed by atoms with Crippen molar-refractivity contribution in [1.29, 1.82) is 0 Å². The van der Waals surface area contributed by atoms with Gasteiger partial charge in [-0.25, -0.2) is 4.98 Å². The first-order chi connectivity index (χ1) is 14.2. The van der Waals surface area contributed by atoms with Crippen molar-refractivity contribution in [2.24, 2.45) is 0 Å². The second-order valence-electron chi connectivity index (χ2n) is 7.10. The lowest BCUT2D eigenvalue weighted by molar-refractivity contribution is -0.124. The van der Waals surface area contributed by atoms with Crippen LogP contribution in [0.25, 0.3) is 6.08 Å². The molecule has 1 unspecified atom stereocenters. The molecule has 1 fully saturated rings. The van der Waals surface area contributed by atoms with E-state index < -0.39 is 0 Å². The van der Waals surface area contributed by atoms with E-state index in [1.807, 2.05) is 72.1 Å². The third-order valence-corrected chi connectivity index (χ3v) is 5.85. The average Bonchev–Trinajstić information content (AvgIpc) is 3.41. The summed E-state index contributed by atoms with van der Waals surface area (Å²) in [6.07, 6.45) is 8.13. The zero-order chi connectivity index (χ0) is 20.1. The molecular formula is C23H23N3O2S. The molecule has 1 saturated heterocycles. The summed E-state index contributed by atoms with van der Waals surface area (Å²) in [5.74, 6) is 1.24. The number of hydrogen-bond donors (Lipinski definition) is 0. The van der Waals surface area contributed by atoms with Crippen LogP contribution in [0.3, 0.4) is 0 Å². The van der Waals surface area contributed by atoms with Gasteiger partial charge in [0.25, 0.3) is 0 Å². The second kappa shape index (κ2) is 9.01. The highest BCUT2D eigenvalue weighted by molar-refractivity contribution is 7.09. The van der Waals surface area contributed by atoms with Gasteiger partial charge < -0.3 is 9.64 Å². The van der Waals surface area contributed by atoms with Gasteiger partial charge in [-0.05, 0) is 54.8 Å². The van der Waals surface area contributed by atoms with Crippen LogP contribution >= 0.6 is 11.3 Å². The average molecular weight is 406 g/mol. The quantitative estimate of drug-likeness (QED) is 0.569. The molecule has 1 aliphatic rings. The molecule has 6 heteroatoms. The summed E-state index contributed by atoms with van der Waals surface area (Å²) >= 11 is 1.62. The van der Waals surface area contributed by atoms with Crippen LogP contribution in [0.4, 0.5) is 0 Å². The first-order valence-corrected chi connectivity index (χ1v) is 10.6. The van der Waals surface area contributed by atoms with Gasteiger partial charge in [0.05, 0.1) is 10.7 Å². The molecule has 1 atom stereocenters. The van der Waals surface area contributed by atoms with E-state index >= 15 is 0 Å². The van der Waals surface area contributed by atoms with Crippen molar-refractivity contribution in [2.45, 2.75) is 25.9 Å². The molecule has 1 amide bonds. The largest absolute Gasteiger partial charge is 0.487 e. The fourth-order valence-corrected chi connectivity index (χ4v) is 4.05. The maximum atomic E-state index is 12.5. The minimum atomic E-state index is 0.0563. The second-order valence-corrected chi connectivity index (χ2v) is 8.16. The molecule has 29 heavy (non-hydrogen) atoms. The summed E-state index contributed by atoms with van der Waals surface area (Å²) in [6, 6.07) is 11.8. The maximum absolute atomic E-state index is 12.5. The van der Waals surface area contributed by atoms with Gasteiger partial charge in [0.15, 0.2) is 0 Å². The smallest absolute Gasteiger partial charge is 0.246 e. The summed E-state index contributed by atoms with van der Waals surface area (Å²) in [4.78, 5) is 22.9. The third kappa shape index (κ3) is 5.09. The lowest BCUT2D eigenvalue weighted by Gasteiger charge is -2.14. The van der Waals surface area contributed by atoms with Gasteiger partial charge in [-0.1, -0.05) is 12.1 Å². The summed E-state index contributed by atoms with van der Waals surface area (Å²) < 4.78 is 5.76. The van der Waals surface area contributed by atoms with E-state index in [0.29, 0.717) is 12.5 Å². The fourth-order valence-electron chi connectivity index (χ4n) is 3.45. The number of carbonyl (C=O) groups excluding carboxylic acids is 1. The standard InChI is InChI=1S/C23H23N3O2S/c1-17-25-21(16-29-17)15-28-22-5-2-18(3-6-22)4-7-23(27)26-13-10-20(14-26)19-8-11-24-12-9-19/h2-9,11-12,16,20H,10,13-15H2,1H3/b7-4+. The Balaban J connectivity index is 1.29. The predicted octanol–water partition coefficient (Wildman–Crippen LogP) is 4.45. The first kappa shape index (κ1) is 19.3. The van der Waals surface area contributed by atoms with Gasteiger partial charge in [0, 0.05) is 42.9 Å². The van der Waals surface area contributed by atoms with Crippen molar-refractivity contribution in [3.05, 3.63) is 82.1 Å². The van der Waals surface area contributed by atoms with Gasteiger partial charge in [-0.15, -0.1) is 11.3 Å². The highest BCUT2D eigenvalue weighted by atomic mass is 32.1. The van der Waals surface area contributed by atoms with Gasteiger partial charge >= 0.3 is 0 Å². The van der Waals surface area contributed by atoms with E-state index in [1.54, 1.807) is 17.4 Å². The van der Waals surface area contributed by atoms with E-state index in [-0.39, 0.29) is 5.91 Å². The van der Waals surface area contributed by atoms with Crippen molar-refractivity contribution >= 4 is 23.3 Å². The van der Waals surface area contributed by atoms with Crippen LogP contribution in [0.15, 0.2) is 60.2 Å². The number of likely N-dealkylation sites (tertiary alicyclic amines) is 1. The number of nitrogens with zero attached hydrogens (tertiary/aromatic N) is 3. The number of pyridine rings is 1. The molecule has 148 valence electrons. The fraction of sp³-hybridized carbons (Fsp3) is 0.261.